The Labute approximate surface area is 139 Å². The highest BCUT2D eigenvalue weighted by Crippen LogP contribution is 2.31. The Balaban J connectivity index is 1.90. The van der Waals surface area contributed by atoms with Crippen molar-refractivity contribution in [3.05, 3.63) is 96.1 Å². The quantitative estimate of drug-likeness (QED) is 0.564. The topological polar surface area (TPSA) is 3.24 Å². The summed E-state index contributed by atoms with van der Waals surface area (Å²) in [6, 6.07) is 24.9. The van der Waals surface area contributed by atoms with Gasteiger partial charge in [-0.3, -0.25) is 0 Å². The van der Waals surface area contributed by atoms with Gasteiger partial charge in [0.1, 0.15) is 0 Å². The van der Waals surface area contributed by atoms with Crippen LogP contribution in [0.2, 0.25) is 0 Å². The number of hydrogen-bond acceptors (Lipinski definition) is 1. The Kier molecular flexibility index (Phi) is 4.56. The zero-order chi connectivity index (χ0) is 17.0. The van der Waals surface area contributed by atoms with Crippen molar-refractivity contribution in [3.8, 4) is 0 Å². The van der Waals surface area contributed by atoms with Crippen LogP contribution in [-0.4, -0.2) is 0 Å². The smallest absolute Gasteiger partial charge is 0.337 e. The Bertz CT molecular complexity index is 726. The fourth-order valence-corrected chi connectivity index (χ4v) is 2.53. The van der Waals surface area contributed by atoms with Crippen molar-refractivity contribution in [2.45, 2.75) is 12.7 Å². The molecule has 0 fully saturated rings. The summed E-state index contributed by atoms with van der Waals surface area (Å²) in [6.07, 6.45) is -4.31. The van der Waals surface area contributed by atoms with Crippen LogP contribution in [0.4, 0.5) is 24.5 Å². The second-order valence-corrected chi connectivity index (χ2v) is 5.45. The summed E-state index contributed by atoms with van der Waals surface area (Å²) in [5.41, 5.74) is 2.17. The average Bonchev–Trinajstić information content (AvgIpc) is 2.61. The lowest BCUT2D eigenvalue weighted by atomic mass is 10.1. The standard InChI is InChI=1S/C20H16F3N/c21-20(22,23)17-13-11-16(12-14-17)15-24(18-7-3-1-4-8-18)19-9-5-2-6-10-19/h1-14H,15H2. The molecule has 0 atom stereocenters. The molecule has 0 spiro atoms. The molecule has 0 saturated heterocycles. The predicted molar refractivity (Wildman–Crippen MR) is 90.2 cm³/mol. The molecule has 3 aromatic rings. The Morgan fingerprint density at radius 3 is 1.50 bits per heavy atom. The van der Waals surface area contributed by atoms with Crippen molar-refractivity contribution < 1.29 is 13.2 Å². The first-order chi connectivity index (χ1) is 11.5. The number of alkyl halides is 3. The van der Waals surface area contributed by atoms with Crippen molar-refractivity contribution in [3.63, 3.8) is 0 Å². The number of halogens is 3. The van der Waals surface area contributed by atoms with E-state index in [4.69, 9.17) is 0 Å². The van der Waals surface area contributed by atoms with E-state index in [0.29, 0.717) is 6.54 Å². The van der Waals surface area contributed by atoms with Gasteiger partial charge in [-0.05, 0) is 42.0 Å². The van der Waals surface area contributed by atoms with Gasteiger partial charge in [-0.2, -0.15) is 13.2 Å². The van der Waals surface area contributed by atoms with Gasteiger partial charge in [0.15, 0.2) is 0 Å². The second-order valence-electron chi connectivity index (χ2n) is 5.45. The summed E-state index contributed by atoms with van der Waals surface area (Å²) in [6.45, 7) is 0.492. The molecular formula is C20H16F3N. The van der Waals surface area contributed by atoms with Crippen molar-refractivity contribution >= 4 is 11.4 Å². The van der Waals surface area contributed by atoms with Crippen molar-refractivity contribution in [2.75, 3.05) is 4.90 Å². The molecule has 0 N–H and O–H groups in total. The summed E-state index contributed by atoms with van der Waals surface area (Å²) in [5, 5.41) is 0. The van der Waals surface area contributed by atoms with Crippen LogP contribution in [0.25, 0.3) is 0 Å². The molecule has 3 aromatic carbocycles. The minimum absolute atomic E-state index is 0.492. The largest absolute Gasteiger partial charge is 0.416 e. The lowest BCUT2D eigenvalue weighted by Gasteiger charge is -2.25. The zero-order valence-electron chi connectivity index (χ0n) is 12.9. The molecule has 0 aliphatic carbocycles. The fourth-order valence-electron chi connectivity index (χ4n) is 2.53. The van der Waals surface area contributed by atoms with Gasteiger partial charge in [0.25, 0.3) is 0 Å². The molecule has 24 heavy (non-hydrogen) atoms. The van der Waals surface area contributed by atoms with Crippen LogP contribution in [0.1, 0.15) is 11.1 Å². The lowest BCUT2D eigenvalue weighted by molar-refractivity contribution is -0.137. The van der Waals surface area contributed by atoms with E-state index in [1.54, 1.807) is 0 Å². The molecule has 0 bridgehead atoms. The van der Waals surface area contributed by atoms with E-state index in [9.17, 15) is 13.2 Å². The molecule has 4 heteroatoms. The normalized spacial score (nSPS) is 11.3. The van der Waals surface area contributed by atoms with Gasteiger partial charge in [0, 0.05) is 17.9 Å². The molecule has 0 amide bonds. The number of hydrogen-bond donors (Lipinski definition) is 0. The first kappa shape index (κ1) is 16.1. The maximum atomic E-state index is 12.7. The number of benzene rings is 3. The highest BCUT2D eigenvalue weighted by molar-refractivity contribution is 5.63. The van der Waals surface area contributed by atoms with Crippen molar-refractivity contribution in [1.29, 1.82) is 0 Å². The van der Waals surface area contributed by atoms with Gasteiger partial charge < -0.3 is 4.90 Å². The van der Waals surface area contributed by atoms with Gasteiger partial charge >= 0.3 is 6.18 Å². The van der Waals surface area contributed by atoms with Crippen LogP contribution >= 0.6 is 0 Å². The number of nitrogens with zero attached hydrogens (tertiary/aromatic N) is 1. The van der Waals surface area contributed by atoms with E-state index in [0.717, 1.165) is 29.1 Å². The second kappa shape index (κ2) is 6.79. The highest BCUT2D eigenvalue weighted by atomic mass is 19.4. The number of rotatable bonds is 4. The molecule has 0 aliphatic rings. The van der Waals surface area contributed by atoms with E-state index >= 15 is 0 Å². The summed E-state index contributed by atoms with van der Waals surface area (Å²) < 4.78 is 38.1. The fraction of sp³-hybridized carbons (Fsp3) is 0.100. The first-order valence-corrected chi connectivity index (χ1v) is 7.58. The molecule has 0 saturated carbocycles. The van der Waals surface area contributed by atoms with Crippen LogP contribution < -0.4 is 4.90 Å². The molecule has 0 radical (unpaired) electrons. The molecule has 0 unspecified atom stereocenters. The van der Waals surface area contributed by atoms with E-state index in [-0.39, 0.29) is 0 Å². The van der Waals surface area contributed by atoms with Gasteiger partial charge in [0.05, 0.1) is 5.56 Å². The average molecular weight is 327 g/mol. The Morgan fingerprint density at radius 1 is 0.625 bits per heavy atom. The first-order valence-electron chi connectivity index (χ1n) is 7.58. The minimum Gasteiger partial charge on any atom is -0.337 e. The third-order valence-electron chi connectivity index (χ3n) is 3.76. The molecule has 0 heterocycles. The van der Waals surface area contributed by atoms with Gasteiger partial charge in [0.2, 0.25) is 0 Å². The van der Waals surface area contributed by atoms with E-state index < -0.39 is 11.7 Å². The van der Waals surface area contributed by atoms with Crippen molar-refractivity contribution in [2.24, 2.45) is 0 Å². The SMILES string of the molecule is FC(F)(F)c1ccc(CN(c2ccccc2)c2ccccc2)cc1. The summed E-state index contributed by atoms with van der Waals surface area (Å²) >= 11 is 0. The van der Waals surface area contributed by atoms with E-state index in [1.165, 1.54) is 12.1 Å². The maximum absolute atomic E-state index is 12.7. The molecular weight excluding hydrogens is 311 g/mol. The Morgan fingerprint density at radius 2 is 1.08 bits per heavy atom. The third-order valence-corrected chi connectivity index (χ3v) is 3.76. The molecule has 122 valence electrons. The van der Waals surface area contributed by atoms with E-state index in [1.807, 2.05) is 60.7 Å². The number of para-hydroxylation sites is 2. The van der Waals surface area contributed by atoms with Crippen LogP contribution in [-0.2, 0) is 12.7 Å². The number of anilines is 2. The summed E-state index contributed by atoms with van der Waals surface area (Å²) in [4.78, 5) is 2.07. The zero-order valence-corrected chi connectivity index (χ0v) is 12.9. The molecule has 1 nitrogen and oxygen atoms in total. The Hall–Kier alpha value is -2.75. The van der Waals surface area contributed by atoms with Crippen LogP contribution in [0.15, 0.2) is 84.9 Å². The summed E-state index contributed by atoms with van der Waals surface area (Å²) in [7, 11) is 0. The van der Waals surface area contributed by atoms with Crippen LogP contribution in [0.3, 0.4) is 0 Å². The lowest BCUT2D eigenvalue weighted by Crippen LogP contribution is -2.16. The summed E-state index contributed by atoms with van der Waals surface area (Å²) in [5.74, 6) is 0. The maximum Gasteiger partial charge on any atom is 0.416 e. The van der Waals surface area contributed by atoms with Gasteiger partial charge in [-0.25, -0.2) is 0 Å². The third kappa shape index (κ3) is 3.77. The monoisotopic (exact) mass is 327 g/mol. The minimum atomic E-state index is -4.31. The highest BCUT2D eigenvalue weighted by Gasteiger charge is 2.30. The van der Waals surface area contributed by atoms with Crippen LogP contribution in [0.5, 0.6) is 0 Å². The predicted octanol–water partition coefficient (Wildman–Crippen LogP) is 6.04. The molecule has 0 aromatic heterocycles. The molecule has 0 aliphatic heterocycles. The van der Waals surface area contributed by atoms with E-state index in [2.05, 4.69) is 4.90 Å². The van der Waals surface area contributed by atoms with Crippen LogP contribution in [0, 0.1) is 0 Å². The van der Waals surface area contributed by atoms with Gasteiger partial charge in [-0.15, -0.1) is 0 Å². The molecule has 3 rings (SSSR count). The van der Waals surface area contributed by atoms with Gasteiger partial charge in [-0.1, -0.05) is 48.5 Å². The van der Waals surface area contributed by atoms with Crippen molar-refractivity contribution in [1.82, 2.24) is 0 Å².